The highest BCUT2D eigenvalue weighted by Crippen LogP contribution is 2.18. The van der Waals surface area contributed by atoms with E-state index in [-0.39, 0.29) is 31.1 Å². The first-order valence-electron chi connectivity index (χ1n) is 34.8. The Labute approximate surface area is 491 Å². The summed E-state index contributed by atoms with van der Waals surface area (Å²) in [4.78, 5) is 38.4. The van der Waals surface area contributed by atoms with Gasteiger partial charge in [-0.2, -0.15) is 0 Å². The Morgan fingerprint density at radius 3 is 0.772 bits per heavy atom. The van der Waals surface area contributed by atoms with Crippen molar-refractivity contribution in [2.24, 2.45) is 0 Å². The van der Waals surface area contributed by atoms with Crippen molar-refractivity contribution in [1.82, 2.24) is 0 Å². The fourth-order valence-electron chi connectivity index (χ4n) is 10.4. The summed E-state index contributed by atoms with van der Waals surface area (Å²) < 4.78 is 17.0. The van der Waals surface area contributed by atoms with Gasteiger partial charge in [-0.1, -0.05) is 345 Å². The summed E-state index contributed by atoms with van der Waals surface area (Å²) in [6.07, 6.45) is 86.7. The fourth-order valence-corrected chi connectivity index (χ4v) is 10.4. The Hall–Kier alpha value is -2.89. The lowest BCUT2D eigenvalue weighted by Crippen LogP contribution is -2.30. The van der Waals surface area contributed by atoms with E-state index in [1.165, 1.54) is 238 Å². The maximum absolute atomic E-state index is 12.9. The smallest absolute Gasteiger partial charge is 0.306 e. The maximum Gasteiger partial charge on any atom is 0.306 e. The van der Waals surface area contributed by atoms with Crippen molar-refractivity contribution in [1.29, 1.82) is 0 Å². The monoisotopic (exact) mass is 1110 g/mol. The summed E-state index contributed by atoms with van der Waals surface area (Å²) in [5.41, 5.74) is 0. The van der Waals surface area contributed by atoms with Crippen molar-refractivity contribution in [3.8, 4) is 0 Å². The number of allylic oxidation sites excluding steroid dienone is 10. The van der Waals surface area contributed by atoms with Crippen molar-refractivity contribution in [3.05, 3.63) is 60.8 Å². The number of hydrogen-bond donors (Lipinski definition) is 0. The Kier molecular flexibility index (Phi) is 65.1. The van der Waals surface area contributed by atoms with Crippen molar-refractivity contribution in [2.45, 2.75) is 374 Å². The summed E-state index contributed by atoms with van der Waals surface area (Å²) in [7, 11) is 0. The van der Waals surface area contributed by atoms with Crippen LogP contribution in [0.25, 0.3) is 0 Å². The molecule has 0 radical (unpaired) electrons. The Bertz CT molecular complexity index is 1410. The van der Waals surface area contributed by atoms with Gasteiger partial charge in [0.2, 0.25) is 0 Å². The third-order valence-electron chi connectivity index (χ3n) is 15.5. The molecule has 0 rings (SSSR count). The number of carbonyl (C=O) groups is 3. The average Bonchev–Trinajstić information content (AvgIpc) is 3.45. The SMILES string of the molecule is CC/C=C\C/C=C\C/C=C\C/C=C\C/C=C\CCCCCCCCCCCCCCCCCC(=O)OCC(COC(=O)CCCCCCCCCCCCCCCCC)OC(=O)CCCCCCCCCCCCCCCCC. The zero-order valence-corrected chi connectivity index (χ0v) is 52.9. The van der Waals surface area contributed by atoms with E-state index >= 15 is 0 Å². The van der Waals surface area contributed by atoms with Gasteiger partial charge in [-0.25, -0.2) is 0 Å². The first-order valence-corrected chi connectivity index (χ1v) is 34.8. The third-order valence-corrected chi connectivity index (χ3v) is 15.5. The largest absolute Gasteiger partial charge is 0.462 e. The summed E-state index contributed by atoms with van der Waals surface area (Å²) in [6.45, 7) is 6.59. The number of carbonyl (C=O) groups excluding carboxylic acids is 3. The van der Waals surface area contributed by atoms with Gasteiger partial charge in [0.25, 0.3) is 0 Å². The van der Waals surface area contributed by atoms with Crippen molar-refractivity contribution < 1.29 is 28.6 Å². The molecule has 0 spiro atoms. The summed E-state index contributed by atoms with van der Waals surface area (Å²) in [5, 5.41) is 0. The van der Waals surface area contributed by atoms with E-state index in [2.05, 4.69) is 81.5 Å². The second-order valence-corrected chi connectivity index (χ2v) is 23.4. The minimum Gasteiger partial charge on any atom is -0.462 e. The van der Waals surface area contributed by atoms with Crippen molar-refractivity contribution >= 4 is 17.9 Å². The molecule has 1 unspecified atom stereocenters. The van der Waals surface area contributed by atoms with Crippen molar-refractivity contribution in [2.75, 3.05) is 13.2 Å². The molecule has 0 saturated heterocycles. The molecule has 0 aromatic carbocycles. The quantitative estimate of drug-likeness (QED) is 0.0261. The normalized spacial score (nSPS) is 12.4. The van der Waals surface area contributed by atoms with Gasteiger partial charge in [-0.3, -0.25) is 14.4 Å². The number of hydrogen-bond acceptors (Lipinski definition) is 6. The van der Waals surface area contributed by atoms with Gasteiger partial charge < -0.3 is 14.2 Å². The molecule has 0 saturated carbocycles. The number of esters is 3. The molecular weight excluding hydrogens is 973 g/mol. The lowest BCUT2D eigenvalue weighted by molar-refractivity contribution is -0.167. The standard InChI is InChI=1S/C73H132O6/c1-4-7-10-13-16-19-22-25-28-29-30-31-32-33-34-35-36-37-38-39-40-41-42-43-46-48-51-54-57-60-63-66-72(75)78-69-70(79-73(76)67-64-61-58-55-52-49-45-27-24-21-18-15-12-9-6-3)68-77-71(74)65-62-59-56-53-50-47-44-26-23-20-17-14-11-8-5-2/h7,10,16,19,25,28,30-31,33-34,70H,4-6,8-9,11-15,17-18,20-24,26-27,29,32,35-69H2,1-3H3/b10-7-,19-16-,28-25-,31-30-,34-33-. The second kappa shape index (κ2) is 67.6. The summed E-state index contributed by atoms with van der Waals surface area (Å²) in [6, 6.07) is 0. The van der Waals surface area contributed by atoms with E-state index < -0.39 is 6.10 Å². The van der Waals surface area contributed by atoms with Gasteiger partial charge in [0.1, 0.15) is 13.2 Å². The van der Waals surface area contributed by atoms with Crippen LogP contribution in [0.3, 0.4) is 0 Å². The molecule has 0 aromatic rings. The van der Waals surface area contributed by atoms with Crippen LogP contribution >= 0.6 is 0 Å². The number of unbranched alkanes of at least 4 members (excludes halogenated alkanes) is 43. The first-order chi connectivity index (χ1) is 39.0. The first kappa shape index (κ1) is 76.1. The van der Waals surface area contributed by atoms with E-state index in [1.54, 1.807) is 0 Å². The van der Waals surface area contributed by atoms with Crippen LogP contribution < -0.4 is 0 Å². The molecule has 0 aromatic heterocycles. The van der Waals surface area contributed by atoms with Crippen molar-refractivity contribution in [3.63, 3.8) is 0 Å². The molecule has 79 heavy (non-hydrogen) atoms. The Morgan fingerprint density at radius 2 is 0.494 bits per heavy atom. The predicted molar refractivity (Wildman–Crippen MR) is 344 cm³/mol. The maximum atomic E-state index is 12.9. The molecule has 0 aliphatic heterocycles. The van der Waals surface area contributed by atoms with Gasteiger partial charge in [0.15, 0.2) is 6.10 Å². The molecule has 0 heterocycles. The molecule has 0 aliphatic carbocycles. The van der Waals surface area contributed by atoms with Crippen LogP contribution in [0.15, 0.2) is 60.8 Å². The van der Waals surface area contributed by atoms with Gasteiger partial charge in [0, 0.05) is 19.3 Å². The summed E-state index contributed by atoms with van der Waals surface area (Å²) >= 11 is 0. The van der Waals surface area contributed by atoms with Crippen LogP contribution in [0.1, 0.15) is 367 Å². The molecule has 0 fully saturated rings. The lowest BCUT2D eigenvalue weighted by atomic mass is 10.0. The lowest BCUT2D eigenvalue weighted by Gasteiger charge is -2.18. The van der Waals surface area contributed by atoms with E-state index in [0.717, 1.165) is 89.9 Å². The predicted octanol–water partition coefficient (Wildman–Crippen LogP) is 23.9. The zero-order valence-electron chi connectivity index (χ0n) is 52.9. The van der Waals surface area contributed by atoms with Gasteiger partial charge in [-0.05, 0) is 64.2 Å². The minimum atomic E-state index is -0.769. The van der Waals surface area contributed by atoms with Gasteiger partial charge in [-0.15, -0.1) is 0 Å². The average molecular weight is 1110 g/mol. The summed E-state index contributed by atoms with van der Waals surface area (Å²) in [5.74, 6) is -0.840. The van der Waals surface area contributed by atoms with E-state index in [0.29, 0.717) is 19.3 Å². The van der Waals surface area contributed by atoms with E-state index in [4.69, 9.17) is 14.2 Å². The van der Waals surface area contributed by atoms with E-state index in [1.807, 2.05) is 0 Å². The fraction of sp³-hybridized carbons (Fsp3) is 0.822. The Balaban J connectivity index is 4.18. The highest BCUT2D eigenvalue weighted by Gasteiger charge is 2.19. The van der Waals surface area contributed by atoms with Crippen LogP contribution in [0.2, 0.25) is 0 Å². The molecule has 0 amide bonds. The topological polar surface area (TPSA) is 78.9 Å². The molecule has 6 nitrogen and oxygen atoms in total. The van der Waals surface area contributed by atoms with Crippen LogP contribution in [0, 0.1) is 0 Å². The van der Waals surface area contributed by atoms with Crippen LogP contribution in [0.4, 0.5) is 0 Å². The highest BCUT2D eigenvalue weighted by molar-refractivity contribution is 5.71. The van der Waals surface area contributed by atoms with Crippen LogP contribution in [-0.4, -0.2) is 37.2 Å². The van der Waals surface area contributed by atoms with Crippen LogP contribution in [0.5, 0.6) is 0 Å². The molecule has 0 N–H and O–H groups in total. The molecule has 0 bridgehead atoms. The third kappa shape index (κ3) is 65.8. The number of rotatable bonds is 64. The Morgan fingerprint density at radius 1 is 0.266 bits per heavy atom. The molecular formula is C73H132O6. The molecule has 460 valence electrons. The molecule has 0 aliphatic rings. The number of ether oxygens (including phenoxy) is 3. The van der Waals surface area contributed by atoms with Gasteiger partial charge in [0.05, 0.1) is 0 Å². The zero-order chi connectivity index (χ0) is 57.1. The minimum absolute atomic E-state index is 0.0665. The molecule has 6 heteroatoms. The van der Waals surface area contributed by atoms with E-state index in [9.17, 15) is 14.4 Å². The molecule has 1 atom stereocenters. The second-order valence-electron chi connectivity index (χ2n) is 23.4. The highest BCUT2D eigenvalue weighted by atomic mass is 16.6. The van der Waals surface area contributed by atoms with Gasteiger partial charge >= 0.3 is 17.9 Å². The van der Waals surface area contributed by atoms with Crippen LogP contribution in [-0.2, 0) is 28.6 Å².